The van der Waals surface area contributed by atoms with Gasteiger partial charge < -0.3 is 14.7 Å². The lowest BCUT2D eigenvalue weighted by Gasteiger charge is -2.24. The minimum Gasteiger partial charge on any atom is -0.306 e. The first-order valence-corrected chi connectivity index (χ1v) is 6.13. The Balaban J connectivity index is 2.44. The third-order valence-corrected chi connectivity index (χ3v) is 3.19. The zero-order chi connectivity index (χ0) is 11.3. The molecular weight excluding hydrogens is 186 g/mol. The maximum atomic E-state index is 2.47. The fourth-order valence-corrected chi connectivity index (χ4v) is 2.37. The van der Waals surface area contributed by atoms with Crippen LogP contribution >= 0.6 is 0 Å². The molecule has 1 fully saturated rings. The molecule has 0 aromatic carbocycles. The molecule has 3 heteroatoms. The Hall–Kier alpha value is -0.120. The number of likely N-dealkylation sites (N-methyl/N-ethyl adjacent to an activating group) is 2. The van der Waals surface area contributed by atoms with Crippen LogP contribution in [0.4, 0.5) is 0 Å². The van der Waals surface area contributed by atoms with Crippen LogP contribution in [-0.2, 0) is 0 Å². The monoisotopic (exact) mass is 213 g/mol. The van der Waals surface area contributed by atoms with Gasteiger partial charge in [0.05, 0.1) is 0 Å². The molecule has 0 saturated carbocycles. The highest BCUT2D eigenvalue weighted by atomic mass is 15.2. The molecule has 1 rings (SSSR count). The minimum atomic E-state index is 0.781. The summed E-state index contributed by atoms with van der Waals surface area (Å²) in [6.07, 6.45) is 1.30. The molecule has 90 valence electrons. The van der Waals surface area contributed by atoms with E-state index in [0.29, 0.717) is 0 Å². The summed E-state index contributed by atoms with van der Waals surface area (Å²) in [6, 6.07) is 0. The summed E-state index contributed by atoms with van der Waals surface area (Å²) in [7, 11) is 6.71. The van der Waals surface area contributed by atoms with Crippen molar-refractivity contribution in [3.63, 3.8) is 0 Å². The Morgan fingerprint density at radius 2 is 1.20 bits per heavy atom. The Labute approximate surface area is 95.0 Å². The molecule has 0 aromatic heterocycles. The van der Waals surface area contributed by atoms with Gasteiger partial charge in [-0.15, -0.1) is 0 Å². The molecular formula is C12H27N3. The number of rotatable bonds is 0. The zero-order valence-electron chi connectivity index (χ0n) is 10.9. The normalized spacial score (nSPS) is 30.0. The molecule has 1 atom stereocenters. The standard InChI is InChI=1S/C12H27N3/c1-12-10-14(3)7-5-6-13(2)8-9-15(4)11-12/h12H,5-11H2,1-4H3. The summed E-state index contributed by atoms with van der Waals surface area (Å²) in [5.74, 6) is 0.781. The molecule has 0 radical (unpaired) electrons. The molecule has 0 amide bonds. The third-order valence-electron chi connectivity index (χ3n) is 3.19. The highest BCUT2D eigenvalue weighted by Crippen LogP contribution is 2.03. The van der Waals surface area contributed by atoms with E-state index < -0.39 is 0 Å². The van der Waals surface area contributed by atoms with Gasteiger partial charge in [-0.3, -0.25) is 0 Å². The van der Waals surface area contributed by atoms with Crippen molar-refractivity contribution in [2.24, 2.45) is 5.92 Å². The second-order valence-corrected chi connectivity index (χ2v) is 5.29. The minimum absolute atomic E-state index is 0.781. The van der Waals surface area contributed by atoms with Crippen LogP contribution in [0, 0.1) is 5.92 Å². The van der Waals surface area contributed by atoms with Crippen LogP contribution in [0.25, 0.3) is 0 Å². The highest BCUT2D eigenvalue weighted by Gasteiger charge is 2.11. The van der Waals surface area contributed by atoms with Crippen LogP contribution in [0.2, 0.25) is 0 Å². The average molecular weight is 213 g/mol. The first kappa shape index (κ1) is 12.9. The molecule has 0 aromatic rings. The Morgan fingerprint density at radius 1 is 0.733 bits per heavy atom. The topological polar surface area (TPSA) is 9.72 Å². The summed E-state index contributed by atoms with van der Waals surface area (Å²) in [4.78, 5) is 7.37. The van der Waals surface area contributed by atoms with Gasteiger partial charge in [0.25, 0.3) is 0 Å². The molecule has 1 aliphatic heterocycles. The van der Waals surface area contributed by atoms with E-state index in [2.05, 4.69) is 42.8 Å². The second-order valence-electron chi connectivity index (χ2n) is 5.29. The smallest absolute Gasteiger partial charge is 0.0106 e. The summed E-state index contributed by atoms with van der Waals surface area (Å²) in [6.45, 7) is 9.67. The third kappa shape index (κ3) is 5.50. The molecule has 3 nitrogen and oxygen atoms in total. The molecule has 15 heavy (non-hydrogen) atoms. The molecule has 1 heterocycles. The van der Waals surface area contributed by atoms with Crippen LogP contribution < -0.4 is 0 Å². The average Bonchev–Trinajstić information content (AvgIpc) is 2.15. The van der Waals surface area contributed by atoms with Crippen molar-refractivity contribution >= 4 is 0 Å². The maximum absolute atomic E-state index is 2.47. The molecule has 0 bridgehead atoms. The van der Waals surface area contributed by atoms with Gasteiger partial charge in [0, 0.05) is 26.2 Å². The van der Waals surface area contributed by atoms with E-state index in [1.807, 2.05) is 0 Å². The first-order chi connectivity index (χ1) is 7.08. The fraction of sp³-hybridized carbons (Fsp3) is 1.00. The van der Waals surface area contributed by atoms with Gasteiger partial charge in [0.15, 0.2) is 0 Å². The van der Waals surface area contributed by atoms with E-state index in [4.69, 9.17) is 0 Å². The van der Waals surface area contributed by atoms with E-state index in [9.17, 15) is 0 Å². The van der Waals surface area contributed by atoms with E-state index in [1.165, 1.54) is 45.7 Å². The Bertz CT molecular complexity index is 172. The van der Waals surface area contributed by atoms with Gasteiger partial charge in [-0.1, -0.05) is 6.92 Å². The van der Waals surface area contributed by atoms with Gasteiger partial charge in [0.1, 0.15) is 0 Å². The van der Waals surface area contributed by atoms with E-state index >= 15 is 0 Å². The summed E-state index contributed by atoms with van der Waals surface area (Å²) < 4.78 is 0. The van der Waals surface area contributed by atoms with Crippen molar-refractivity contribution in [3.05, 3.63) is 0 Å². The van der Waals surface area contributed by atoms with Crippen LogP contribution in [0.15, 0.2) is 0 Å². The fourth-order valence-electron chi connectivity index (χ4n) is 2.37. The van der Waals surface area contributed by atoms with E-state index in [1.54, 1.807) is 0 Å². The molecule has 1 unspecified atom stereocenters. The zero-order valence-corrected chi connectivity index (χ0v) is 10.9. The molecule has 0 spiro atoms. The molecule has 0 N–H and O–H groups in total. The first-order valence-electron chi connectivity index (χ1n) is 6.13. The second kappa shape index (κ2) is 6.46. The van der Waals surface area contributed by atoms with Gasteiger partial charge in [-0.25, -0.2) is 0 Å². The van der Waals surface area contributed by atoms with Crippen molar-refractivity contribution in [2.45, 2.75) is 13.3 Å². The van der Waals surface area contributed by atoms with E-state index in [0.717, 1.165) is 5.92 Å². The van der Waals surface area contributed by atoms with Gasteiger partial charge >= 0.3 is 0 Å². The number of hydrogen-bond acceptors (Lipinski definition) is 3. The Kier molecular flexibility index (Phi) is 5.58. The molecule has 1 aliphatic rings. The van der Waals surface area contributed by atoms with Gasteiger partial charge in [0.2, 0.25) is 0 Å². The summed E-state index contributed by atoms with van der Waals surface area (Å²) >= 11 is 0. The highest BCUT2D eigenvalue weighted by molar-refractivity contribution is 4.67. The molecule has 0 aliphatic carbocycles. The predicted molar refractivity (Wildman–Crippen MR) is 66.3 cm³/mol. The summed E-state index contributed by atoms with van der Waals surface area (Å²) in [5, 5.41) is 0. The number of nitrogens with zero attached hydrogens (tertiary/aromatic N) is 3. The van der Waals surface area contributed by atoms with Crippen LogP contribution in [0.1, 0.15) is 13.3 Å². The summed E-state index contributed by atoms with van der Waals surface area (Å²) in [5.41, 5.74) is 0. The largest absolute Gasteiger partial charge is 0.306 e. The molecule has 1 saturated heterocycles. The lowest BCUT2D eigenvalue weighted by Crippen LogP contribution is -2.34. The van der Waals surface area contributed by atoms with Gasteiger partial charge in [-0.05, 0) is 46.6 Å². The van der Waals surface area contributed by atoms with Crippen molar-refractivity contribution in [1.29, 1.82) is 0 Å². The van der Waals surface area contributed by atoms with Crippen molar-refractivity contribution < 1.29 is 0 Å². The van der Waals surface area contributed by atoms with Crippen LogP contribution in [0.5, 0.6) is 0 Å². The SMILES string of the molecule is CC1CN(C)CCCN(C)CCN(C)C1. The van der Waals surface area contributed by atoms with E-state index in [-0.39, 0.29) is 0 Å². The lowest BCUT2D eigenvalue weighted by molar-refractivity contribution is 0.226. The van der Waals surface area contributed by atoms with Gasteiger partial charge in [-0.2, -0.15) is 0 Å². The predicted octanol–water partition coefficient (Wildman–Crippen LogP) is 0.822. The lowest BCUT2D eigenvalue weighted by atomic mass is 10.1. The van der Waals surface area contributed by atoms with Crippen LogP contribution in [-0.4, -0.2) is 75.1 Å². The van der Waals surface area contributed by atoms with Crippen molar-refractivity contribution in [2.75, 3.05) is 60.4 Å². The maximum Gasteiger partial charge on any atom is 0.0106 e. The van der Waals surface area contributed by atoms with Crippen molar-refractivity contribution in [1.82, 2.24) is 14.7 Å². The Morgan fingerprint density at radius 3 is 1.87 bits per heavy atom. The quantitative estimate of drug-likeness (QED) is 0.590. The number of hydrogen-bond donors (Lipinski definition) is 0. The van der Waals surface area contributed by atoms with Crippen molar-refractivity contribution in [3.8, 4) is 0 Å². The van der Waals surface area contributed by atoms with Crippen LogP contribution in [0.3, 0.4) is 0 Å².